The number of carbonyl (C=O) groups is 6. The lowest BCUT2D eigenvalue weighted by molar-refractivity contribution is -0.147. The molecule has 2 aromatic carbocycles. The van der Waals surface area contributed by atoms with Crippen LogP contribution >= 0.6 is 19.5 Å². The van der Waals surface area contributed by atoms with E-state index in [-0.39, 0.29) is 50.9 Å². The van der Waals surface area contributed by atoms with Crippen LogP contribution in [-0.4, -0.2) is 88.5 Å². The van der Waals surface area contributed by atoms with Crippen molar-refractivity contribution in [1.29, 1.82) is 0 Å². The number of carboxylic acid groups (broad SMARTS) is 1. The largest absolute Gasteiger partial charge is 0.479 e. The van der Waals surface area contributed by atoms with Crippen LogP contribution in [0.25, 0.3) is 6.08 Å². The maximum atomic E-state index is 14.4. The zero-order valence-electron chi connectivity index (χ0n) is 40.1. The summed E-state index contributed by atoms with van der Waals surface area (Å²) in [5.41, 5.74) is 7.74. The number of hydrogen-bond acceptors (Lipinski definition) is 9. The summed E-state index contributed by atoms with van der Waals surface area (Å²) in [5.74, 6) is -2.65. The Balaban J connectivity index is 0.00000158. The van der Waals surface area contributed by atoms with E-state index in [1.807, 2.05) is 108 Å². The van der Waals surface area contributed by atoms with Crippen molar-refractivity contribution >= 4 is 61.6 Å². The molecule has 0 aliphatic carbocycles. The van der Waals surface area contributed by atoms with E-state index in [2.05, 4.69) is 36.6 Å². The lowest BCUT2D eigenvalue weighted by Gasteiger charge is -2.35. The number of nitrogens with zero attached hydrogens (tertiary/aromatic N) is 2. The Labute approximate surface area is 396 Å². The summed E-state index contributed by atoms with van der Waals surface area (Å²) >= 11 is 1.65. The summed E-state index contributed by atoms with van der Waals surface area (Å²) in [7, 11) is -0.241. The summed E-state index contributed by atoms with van der Waals surface area (Å²) in [4.78, 5) is 76.3. The number of nitrogens with two attached hydrogens (primary N) is 1. The standard InChI is InChI=1S/C43H58N4O7.C6H9OPS.CH3NO/c1-9-12-13-26-46(41(52)40(43(6,7)8)45-37(49)25-21-32-19-22-35(23-20-32)39(51)42(53)54)29-38(50)47(36(11-3)24-14-30(4)10-2)28-34-17-15-33(16-18-34)27-44-31(5)48;1-8(2)7-6-4-3-5-9-6;2-1-3/h10-11,14-25,39-40,51H,9,12-13,26-29H2,1-8H3,(H,44,48)(H,45,49)(H,53,54);3-5H,1-2H3;1H,(H2,2,3)/b24-14-,25-21+,30-10-,36-11+;;. The van der Waals surface area contributed by atoms with Crippen LogP contribution in [-0.2, 0) is 41.9 Å². The van der Waals surface area contributed by atoms with Gasteiger partial charge in [0.2, 0.25) is 30.0 Å². The lowest BCUT2D eigenvalue weighted by Crippen LogP contribution is -2.56. The van der Waals surface area contributed by atoms with Crippen LogP contribution in [0.15, 0.2) is 108 Å². The minimum absolute atomic E-state index is 0.122. The lowest BCUT2D eigenvalue weighted by atomic mass is 9.85. The van der Waals surface area contributed by atoms with Crippen LogP contribution in [0.1, 0.15) is 103 Å². The fourth-order valence-corrected chi connectivity index (χ4v) is 7.33. The number of nitrogens with one attached hydrogen (secondary N) is 2. The molecular weight excluding hydrogens is 878 g/mol. The van der Waals surface area contributed by atoms with Crippen LogP contribution in [0.5, 0.6) is 5.06 Å². The Morgan fingerprint density at radius 3 is 2.03 bits per heavy atom. The van der Waals surface area contributed by atoms with Gasteiger partial charge in [-0.25, -0.2) is 4.79 Å². The van der Waals surface area contributed by atoms with Gasteiger partial charge in [0, 0.05) is 31.8 Å². The van der Waals surface area contributed by atoms with E-state index in [4.69, 9.17) is 14.4 Å². The van der Waals surface area contributed by atoms with E-state index in [1.54, 1.807) is 33.3 Å². The number of hydrogen-bond donors (Lipinski definition) is 5. The average molecular weight is 948 g/mol. The Bertz CT molecular complexity index is 2090. The van der Waals surface area contributed by atoms with Crippen molar-refractivity contribution in [2.45, 2.75) is 99.9 Å². The highest BCUT2D eigenvalue weighted by Gasteiger charge is 2.36. The molecule has 3 rings (SSSR count). The van der Waals surface area contributed by atoms with Crippen LogP contribution < -0.4 is 20.9 Å². The van der Waals surface area contributed by atoms with Gasteiger partial charge in [-0.2, -0.15) is 0 Å². The van der Waals surface area contributed by atoms with Gasteiger partial charge in [0.05, 0.1) is 14.7 Å². The molecule has 3 aromatic rings. The molecule has 14 nitrogen and oxygen atoms in total. The highest BCUT2D eigenvalue weighted by atomic mass is 32.1. The molecule has 0 saturated carbocycles. The van der Waals surface area contributed by atoms with E-state index < -0.39 is 29.4 Å². The summed E-state index contributed by atoms with van der Waals surface area (Å²) in [6, 6.07) is 16.8. The number of aliphatic carboxylic acids is 1. The van der Waals surface area contributed by atoms with E-state index in [1.165, 1.54) is 31.2 Å². The van der Waals surface area contributed by atoms with Gasteiger partial charge in [0.1, 0.15) is 12.6 Å². The first-order valence-electron chi connectivity index (χ1n) is 21.6. The first-order chi connectivity index (χ1) is 31.2. The molecular formula is C50H70N5O9PS. The van der Waals surface area contributed by atoms with Crippen LogP contribution in [0.4, 0.5) is 0 Å². The topological polar surface area (TPSA) is 209 Å². The molecule has 0 aliphatic rings. The first-order valence-corrected chi connectivity index (χ1v) is 24.7. The van der Waals surface area contributed by atoms with Crippen molar-refractivity contribution in [2.24, 2.45) is 11.1 Å². The predicted molar refractivity (Wildman–Crippen MR) is 266 cm³/mol. The van der Waals surface area contributed by atoms with Crippen molar-refractivity contribution in [3.63, 3.8) is 0 Å². The molecule has 1 aromatic heterocycles. The summed E-state index contributed by atoms with van der Waals surface area (Å²) < 4.78 is 5.44. The van der Waals surface area contributed by atoms with Gasteiger partial charge in [-0.1, -0.05) is 113 Å². The van der Waals surface area contributed by atoms with Gasteiger partial charge in [0.25, 0.3) is 0 Å². The number of carboxylic acids is 1. The number of aliphatic hydroxyl groups excluding tert-OH is 1. The quantitative estimate of drug-likeness (QED) is 0.0228. The number of thiophene rings is 1. The highest BCUT2D eigenvalue weighted by molar-refractivity contribution is 7.51. The van der Waals surface area contributed by atoms with Crippen molar-refractivity contribution in [3.05, 3.63) is 130 Å². The second kappa shape index (κ2) is 31.1. The molecule has 0 radical (unpaired) electrons. The van der Waals surface area contributed by atoms with E-state index >= 15 is 0 Å². The number of carbonyl (C=O) groups excluding carboxylic acids is 5. The Morgan fingerprint density at radius 1 is 0.909 bits per heavy atom. The van der Waals surface area contributed by atoms with Crippen molar-refractivity contribution in [1.82, 2.24) is 20.4 Å². The van der Waals surface area contributed by atoms with Crippen molar-refractivity contribution in [2.75, 3.05) is 26.4 Å². The van der Waals surface area contributed by atoms with Crippen molar-refractivity contribution < 1.29 is 43.5 Å². The second-order valence-corrected chi connectivity index (χ2v) is 19.0. The second-order valence-electron chi connectivity index (χ2n) is 16.3. The van der Waals surface area contributed by atoms with Gasteiger partial charge < -0.3 is 40.9 Å². The molecule has 2 atom stereocenters. The van der Waals surface area contributed by atoms with Gasteiger partial charge in [0.15, 0.2) is 11.2 Å². The molecule has 66 heavy (non-hydrogen) atoms. The summed E-state index contributed by atoms with van der Waals surface area (Å²) in [6.45, 7) is 19.8. The monoisotopic (exact) mass is 947 g/mol. The third-order valence-corrected chi connectivity index (χ3v) is 11.0. The van der Waals surface area contributed by atoms with E-state index in [0.29, 0.717) is 30.8 Å². The molecule has 0 spiro atoms. The van der Waals surface area contributed by atoms with Crippen LogP contribution in [0, 0.1) is 5.41 Å². The Hall–Kier alpha value is -5.89. The smallest absolute Gasteiger partial charge is 0.337 e. The normalized spacial score (nSPS) is 12.5. The fraction of sp³-hybridized carbons (Fsp3) is 0.400. The maximum Gasteiger partial charge on any atom is 0.337 e. The fourth-order valence-electron chi connectivity index (χ4n) is 5.84. The molecule has 16 heteroatoms. The maximum absolute atomic E-state index is 14.4. The van der Waals surface area contributed by atoms with Gasteiger partial charge in [-0.05, 0) is 97.9 Å². The number of benzene rings is 2. The van der Waals surface area contributed by atoms with Crippen LogP contribution in [0.2, 0.25) is 0 Å². The molecule has 1 heterocycles. The first kappa shape index (κ1) is 58.1. The summed E-state index contributed by atoms with van der Waals surface area (Å²) in [5, 5.41) is 27.5. The predicted octanol–water partition coefficient (Wildman–Crippen LogP) is 8.34. The molecule has 0 saturated heterocycles. The van der Waals surface area contributed by atoms with Gasteiger partial charge in [-0.15, -0.1) is 11.3 Å². The molecule has 0 fully saturated rings. The molecule has 0 aliphatic heterocycles. The van der Waals surface area contributed by atoms with Gasteiger partial charge >= 0.3 is 5.97 Å². The number of amides is 5. The van der Waals surface area contributed by atoms with Gasteiger partial charge in [-0.3, -0.25) is 24.0 Å². The third-order valence-electron chi connectivity index (χ3n) is 9.54. The minimum Gasteiger partial charge on any atom is -0.479 e. The minimum atomic E-state index is -1.65. The SMILES string of the molecule is CP(C)Oc1cccs1.C\C=C(C)/C=C\C(=C/C)N(Cc1ccc(CNC(C)=O)cc1)C(=O)CN(CCCCC)C(=O)C(NC(=O)/C=C/c1ccc(C(O)C(=O)O)cc1)C(C)(C)C.NC=O. The number of unbranched alkanes of at least 4 members (excludes halogenated alkanes) is 2. The zero-order chi connectivity index (χ0) is 49.8. The van der Waals surface area contributed by atoms with E-state index in [0.717, 1.165) is 34.6 Å². The average Bonchev–Trinajstić information content (AvgIpc) is 3.78. The molecule has 360 valence electrons. The molecule has 6 N–H and O–H groups in total. The number of aliphatic hydroxyl groups is 1. The molecule has 0 bridgehead atoms. The van der Waals surface area contributed by atoms with Crippen LogP contribution in [0.3, 0.4) is 0 Å². The number of allylic oxidation sites excluding steroid dienone is 5. The number of primary amides is 1. The Kier molecular flexibility index (Phi) is 27.4. The van der Waals surface area contributed by atoms with E-state index in [9.17, 15) is 29.1 Å². The molecule has 2 unspecified atom stereocenters. The zero-order valence-corrected chi connectivity index (χ0v) is 41.8. The highest BCUT2D eigenvalue weighted by Crippen LogP contribution is 2.32. The number of rotatable bonds is 21. The molecule has 5 amide bonds. The third kappa shape index (κ3) is 22.8. The van der Waals surface area contributed by atoms with Crippen molar-refractivity contribution in [3.8, 4) is 5.06 Å². The Morgan fingerprint density at radius 2 is 1.53 bits per heavy atom. The summed E-state index contributed by atoms with van der Waals surface area (Å²) in [6.07, 6.45) is 11.5.